The highest BCUT2D eigenvalue weighted by atomic mass is 79.9. The quantitative estimate of drug-likeness (QED) is 0.893. The molecule has 20 heavy (non-hydrogen) atoms. The third-order valence-electron chi connectivity index (χ3n) is 4.51. The number of rotatable bonds is 2. The van der Waals surface area contributed by atoms with Gasteiger partial charge in [0, 0.05) is 27.9 Å². The number of Topliss-reactive ketones (excluding diaryl/α,β-unsaturated/α-hetero) is 1. The van der Waals surface area contributed by atoms with Crippen LogP contribution in [0.3, 0.4) is 0 Å². The summed E-state index contributed by atoms with van der Waals surface area (Å²) in [5.74, 6) is 0.707. The van der Waals surface area contributed by atoms with E-state index >= 15 is 0 Å². The van der Waals surface area contributed by atoms with Crippen LogP contribution >= 0.6 is 15.9 Å². The molecule has 3 atom stereocenters. The van der Waals surface area contributed by atoms with Crippen LogP contribution in [0.2, 0.25) is 0 Å². The van der Waals surface area contributed by atoms with Crippen LogP contribution in [0.5, 0.6) is 0 Å². The fourth-order valence-corrected chi connectivity index (χ4v) is 3.90. The molecule has 4 heteroatoms. The highest BCUT2D eigenvalue weighted by molar-refractivity contribution is 9.10. The number of carbonyl (C=O) groups is 2. The first-order valence-corrected chi connectivity index (χ1v) is 8.03. The van der Waals surface area contributed by atoms with Gasteiger partial charge in [0.15, 0.2) is 0 Å². The first-order valence-electron chi connectivity index (χ1n) is 7.23. The predicted molar refractivity (Wildman–Crippen MR) is 81.3 cm³/mol. The summed E-state index contributed by atoms with van der Waals surface area (Å²) >= 11 is 3.40. The molecule has 3 nitrogen and oxygen atoms in total. The SMILES string of the molecule is O=C(Nc1cccc(Br)c1)C1C[C@H]2CCC[C@@H](C1)C2=O. The van der Waals surface area contributed by atoms with E-state index in [1.165, 1.54) is 0 Å². The number of anilines is 1. The van der Waals surface area contributed by atoms with E-state index in [2.05, 4.69) is 21.2 Å². The first-order chi connectivity index (χ1) is 9.63. The Hall–Kier alpha value is -1.16. The molecule has 0 aliphatic heterocycles. The van der Waals surface area contributed by atoms with Crippen molar-refractivity contribution >= 4 is 33.3 Å². The number of fused-ring (bicyclic) bond motifs is 2. The van der Waals surface area contributed by atoms with Crippen molar-refractivity contribution in [3.8, 4) is 0 Å². The van der Waals surface area contributed by atoms with E-state index in [1.54, 1.807) is 0 Å². The Labute approximate surface area is 127 Å². The molecule has 2 saturated carbocycles. The van der Waals surface area contributed by atoms with E-state index in [1.807, 2.05) is 24.3 Å². The molecule has 0 radical (unpaired) electrons. The van der Waals surface area contributed by atoms with Gasteiger partial charge in [-0.3, -0.25) is 9.59 Å². The normalized spacial score (nSPS) is 29.1. The van der Waals surface area contributed by atoms with Crippen molar-refractivity contribution in [2.75, 3.05) is 5.32 Å². The van der Waals surface area contributed by atoms with Gasteiger partial charge in [-0.25, -0.2) is 0 Å². The Morgan fingerprint density at radius 2 is 1.90 bits per heavy atom. The average Bonchev–Trinajstić information content (AvgIpc) is 2.38. The molecule has 2 aliphatic carbocycles. The molecule has 1 unspecified atom stereocenters. The number of hydrogen-bond acceptors (Lipinski definition) is 2. The molecule has 106 valence electrons. The fourth-order valence-electron chi connectivity index (χ4n) is 3.50. The lowest BCUT2D eigenvalue weighted by atomic mass is 9.67. The van der Waals surface area contributed by atoms with Crippen molar-refractivity contribution < 1.29 is 9.59 Å². The van der Waals surface area contributed by atoms with E-state index in [-0.39, 0.29) is 23.7 Å². The predicted octanol–water partition coefficient (Wildman–Crippen LogP) is 3.78. The molecule has 2 fully saturated rings. The number of ketones is 1. The molecule has 1 aromatic rings. The zero-order valence-corrected chi connectivity index (χ0v) is 12.9. The van der Waals surface area contributed by atoms with Gasteiger partial charge in [0.1, 0.15) is 5.78 Å². The van der Waals surface area contributed by atoms with Gasteiger partial charge in [-0.05, 0) is 43.9 Å². The molecule has 2 aliphatic rings. The van der Waals surface area contributed by atoms with Crippen molar-refractivity contribution in [3.05, 3.63) is 28.7 Å². The van der Waals surface area contributed by atoms with Gasteiger partial charge in [-0.1, -0.05) is 28.4 Å². The van der Waals surface area contributed by atoms with Gasteiger partial charge in [-0.15, -0.1) is 0 Å². The molecule has 0 aromatic heterocycles. The minimum absolute atomic E-state index is 0.0121. The lowest BCUT2D eigenvalue weighted by molar-refractivity contribution is -0.136. The Bertz CT molecular complexity index is 527. The summed E-state index contributed by atoms with van der Waals surface area (Å²) in [5, 5.41) is 2.98. The molecule has 1 amide bonds. The molecule has 0 heterocycles. The lowest BCUT2D eigenvalue weighted by Crippen LogP contribution is -2.40. The highest BCUT2D eigenvalue weighted by Gasteiger charge is 2.41. The van der Waals surface area contributed by atoms with Gasteiger partial charge in [0.05, 0.1) is 0 Å². The number of carbonyl (C=O) groups excluding carboxylic acids is 2. The molecule has 0 spiro atoms. The first kappa shape index (κ1) is 13.8. The van der Waals surface area contributed by atoms with Crippen LogP contribution < -0.4 is 5.32 Å². The number of hydrogen-bond donors (Lipinski definition) is 1. The summed E-state index contributed by atoms with van der Waals surface area (Å²) in [6.07, 6.45) is 4.54. The average molecular weight is 336 g/mol. The van der Waals surface area contributed by atoms with Crippen LogP contribution in [0.25, 0.3) is 0 Å². The third kappa shape index (κ3) is 2.80. The van der Waals surface area contributed by atoms with Crippen LogP contribution in [-0.4, -0.2) is 11.7 Å². The van der Waals surface area contributed by atoms with Crippen molar-refractivity contribution in [1.82, 2.24) is 0 Å². The van der Waals surface area contributed by atoms with Crippen LogP contribution in [0.4, 0.5) is 5.69 Å². The molecule has 1 aromatic carbocycles. The molecule has 3 rings (SSSR count). The summed E-state index contributed by atoms with van der Waals surface area (Å²) in [6, 6.07) is 7.61. The topological polar surface area (TPSA) is 46.2 Å². The molecule has 2 bridgehead atoms. The number of benzene rings is 1. The minimum Gasteiger partial charge on any atom is -0.326 e. The van der Waals surface area contributed by atoms with E-state index in [4.69, 9.17) is 0 Å². The summed E-state index contributed by atoms with van der Waals surface area (Å²) in [6.45, 7) is 0. The number of amides is 1. The van der Waals surface area contributed by atoms with Gasteiger partial charge >= 0.3 is 0 Å². The zero-order valence-electron chi connectivity index (χ0n) is 11.3. The Kier molecular flexibility index (Phi) is 3.92. The van der Waals surface area contributed by atoms with E-state index < -0.39 is 0 Å². The van der Waals surface area contributed by atoms with Gasteiger partial charge in [0.2, 0.25) is 5.91 Å². The summed E-state index contributed by atoms with van der Waals surface area (Å²) in [4.78, 5) is 24.4. The van der Waals surface area contributed by atoms with Gasteiger partial charge < -0.3 is 5.32 Å². The summed E-state index contributed by atoms with van der Waals surface area (Å²) in [5.41, 5.74) is 0.812. The lowest BCUT2D eigenvalue weighted by Gasteiger charge is -2.36. The van der Waals surface area contributed by atoms with Crippen molar-refractivity contribution in [2.24, 2.45) is 17.8 Å². The largest absolute Gasteiger partial charge is 0.326 e. The number of nitrogens with one attached hydrogen (secondary N) is 1. The smallest absolute Gasteiger partial charge is 0.227 e. The van der Waals surface area contributed by atoms with Crippen LogP contribution in [-0.2, 0) is 9.59 Å². The molecule has 1 N–H and O–H groups in total. The van der Waals surface area contributed by atoms with Crippen LogP contribution in [0, 0.1) is 17.8 Å². The fraction of sp³-hybridized carbons (Fsp3) is 0.500. The van der Waals surface area contributed by atoms with E-state index in [9.17, 15) is 9.59 Å². The van der Waals surface area contributed by atoms with Gasteiger partial charge in [0.25, 0.3) is 0 Å². The van der Waals surface area contributed by atoms with Gasteiger partial charge in [-0.2, -0.15) is 0 Å². The maximum atomic E-state index is 12.4. The summed E-state index contributed by atoms with van der Waals surface area (Å²) in [7, 11) is 0. The maximum Gasteiger partial charge on any atom is 0.227 e. The van der Waals surface area contributed by atoms with Crippen molar-refractivity contribution in [2.45, 2.75) is 32.1 Å². The molecular formula is C16H18BrNO2. The Morgan fingerprint density at radius 1 is 1.20 bits per heavy atom. The standard InChI is InChI=1S/C16H18BrNO2/c17-13-5-2-6-14(9-13)18-16(20)12-7-10-3-1-4-11(8-12)15(10)19/h2,5-6,9-12H,1,3-4,7-8H2,(H,18,20)/t10-,11+,12?. The second-order valence-corrected chi connectivity index (χ2v) is 6.81. The van der Waals surface area contributed by atoms with E-state index in [0.29, 0.717) is 5.78 Å². The van der Waals surface area contributed by atoms with Crippen molar-refractivity contribution in [1.29, 1.82) is 0 Å². The summed E-state index contributed by atoms with van der Waals surface area (Å²) < 4.78 is 0.950. The number of halogens is 1. The zero-order chi connectivity index (χ0) is 14.1. The minimum atomic E-state index is -0.0121. The van der Waals surface area contributed by atoms with E-state index in [0.717, 1.165) is 42.3 Å². The monoisotopic (exact) mass is 335 g/mol. The third-order valence-corrected chi connectivity index (χ3v) is 5.00. The Morgan fingerprint density at radius 3 is 2.55 bits per heavy atom. The molecular weight excluding hydrogens is 318 g/mol. The Balaban J connectivity index is 1.67. The van der Waals surface area contributed by atoms with Crippen molar-refractivity contribution in [3.63, 3.8) is 0 Å². The second kappa shape index (κ2) is 5.68. The van der Waals surface area contributed by atoms with Crippen LogP contribution in [0.1, 0.15) is 32.1 Å². The second-order valence-electron chi connectivity index (χ2n) is 5.90. The molecule has 0 saturated heterocycles. The highest BCUT2D eigenvalue weighted by Crippen LogP contribution is 2.40. The van der Waals surface area contributed by atoms with Crippen LogP contribution in [0.15, 0.2) is 28.7 Å². The maximum absolute atomic E-state index is 12.4.